The maximum absolute atomic E-state index is 12.6. The van der Waals surface area contributed by atoms with Crippen LogP contribution in [0.15, 0.2) is 18.5 Å². The number of β-amino-alcohol motifs (C(OH)–C–C–N with tert-alkyl or cyclic N) is 1. The number of rotatable bonds is 2. The zero-order chi connectivity index (χ0) is 18.0. The van der Waals surface area contributed by atoms with Crippen molar-refractivity contribution in [2.75, 3.05) is 39.4 Å². The minimum Gasteiger partial charge on any atom is -0.392 e. The Morgan fingerprint density at radius 2 is 1.88 bits per heavy atom. The lowest BCUT2D eigenvalue weighted by molar-refractivity contribution is -0.0695. The van der Waals surface area contributed by atoms with Crippen LogP contribution in [-0.4, -0.2) is 82.3 Å². The standard InChI is InChI=1S/C19H28N4O3/c24-16-12-19(14-23(13-16)15-2-10-26-11-3-15)4-8-22(9-5-19)18(25)17-20-6-1-7-21-17/h1,6-7,15-16,24H,2-5,8-14H2. The molecule has 1 spiro atoms. The Labute approximate surface area is 154 Å². The Hall–Kier alpha value is -1.57. The number of aromatic nitrogens is 2. The van der Waals surface area contributed by atoms with E-state index in [1.54, 1.807) is 18.5 Å². The first-order valence-electron chi connectivity index (χ1n) is 9.71. The molecule has 3 fully saturated rings. The lowest BCUT2D eigenvalue weighted by Gasteiger charge is -2.51. The van der Waals surface area contributed by atoms with Crippen LogP contribution in [0.4, 0.5) is 0 Å². The monoisotopic (exact) mass is 360 g/mol. The van der Waals surface area contributed by atoms with Crippen LogP contribution in [0.25, 0.3) is 0 Å². The summed E-state index contributed by atoms with van der Waals surface area (Å²) in [4.78, 5) is 25.1. The average molecular weight is 360 g/mol. The van der Waals surface area contributed by atoms with Crippen molar-refractivity contribution in [2.45, 2.75) is 44.2 Å². The van der Waals surface area contributed by atoms with Gasteiger partial charge in [-0.15, -0.1) is 0 Å². The molecule has 4 rings (SSSR count). The SMILES string of the molecule is O=C(c1ncccn1)N1CCC2(CC1)CC(O)CN(C1CCOCC1)C2. The van der Waals surface area contributed by atoms with Crippen molar-refractivity contribution in [1.82, 2.24) is 19.8 Å². The quantitative estimate of drug-likeness (QED) is 0.846. The average Bonchev–Trinajstić information content (AvgIpc) is 2.69. The fraction of sp³-hybridized carbons (Fsp3) is 0.737. The Bertz CT molecular complexity index is 612. The summed E-state index contributed by atoms with van der Waals surface area (Å²) in [7, 11) is 0. The number of nitrogens with zero attached hydrogens (tertiary/aromatic N) is 4. The largest absolute Gasteiger partial charge is 0.392 e. The molecule has 7 heteroatoms. The van der Waals surface area contributed by atoms with Gasteiger partial charge in [0.2, 0.25) is 5.82 Å². The van der Waals surface area contributed by atoms with E-state index in [4.69, 9.17) is 4.74 Å². The van der Waals surface area contributed by atoms with E-state index in [2.05, 4.69) is 14.9 Å². The number of piperidine rings is 2. The summed E-state index contributed by atoms with van der Waals surface area (Å²) in [5.41, 5.74) is 0.115. The van der Waals surface area contributed by atoms with Gasteiger partial charge in [-0.25, -0.2) is 9.97 Å². The highest BCUT2D eigenvalue weighted by Gasteiger charge is 2.44. The molecule has 1 N–H and O–H groups in total. The molecule has 1 aromatic rings. The third-order valence-electron chi connectivity index (χ3n) is 6.23. The molecule has 1 atom stereocenters. The van der Waals surface area contributed by atoms with Crippen molar-refractivity contribution in [3.63, 3.8) is 0 Å². The second-order valence-corrected chi connectivity index (χ2v) is 8.00. The number of carbonyl (C=O) groups excluding carboxylic acids is 1. The van der Waals surface area contributed by atoms with Crippen LogP contribution < -0.4 is 0 Å². The van der Waals surface area contributed by atoms with Crippen molar-refractivity contribution in [1.29, 1.82) is 0 Å². The van der Waals surface area contributed by atoms with Gasteiger partial charge in [-0.1, -0.05) is 0 Å². The summed E-state index contributed by atoms with van der Waals surface area (Å²) in [6, 6.07) is 2.24. The van der Waals surface area contributed by atoms with E-state index >= 15 is 0 Å². The molecule has 0 radical (unpaired) electrons. The fourth-order valence-corrected chi connectivity index (χ4v) is 4.82. The first-order chi connectivity index (χ1) is 12.7. The predicted molar refractivity (Wildman–Crippen MR) is 95.6 cm³/mol. The van der Waals surface area contributed by atoms with E-state index in [0.717, 1.165) is 58.4 Å². The van der Waals surface area contributed by atoms with Gasteiger partial charge in [0.1, 0.15) is 0 Å². The lowest BCUT2D eigenvalue weighted by atomic mass is 9.71. The van der Waals surface area contributed by atoms with Gasteiger partial charge in [0.25, 0.3) is 5.91 Å². The molecule has 0 aliphatic carbocycles. The first-order valence-corrected chi connectivity index (χ1v) is 9.71. The predicted octanol–water partition coefficient (Wildman–Crippen LogP) is 0.945. The maximum atomic E-state index is 12.6. The minimum absolute atomic E-state index is 0.0851. The van der Waals surface area contributed by atoms with Crippen LogP contribution in [0.5, 0.6) is 0 Å². The van der Waals surface area contributed by atoms with Crippen LogP contribution in [0.3, 0.4) is 0 Å². The number of amides is 1. The number of aliphatic hydroxyl groups excluding tert-OH is 1. The molecule has 4 heterocycles. The molecule has 0 bridgehead atoms. The minimum atomic E-state index is -0.272. The lowest BCUT2D eigenvalue weighted by Crippen LogP contribution is -2.57. The van der Waals surface area contributed by atoms with Crippen LogP contribution in [0, 0.1) is 5.41 Å². The molecule has 26 heavy (non-hydrogen) atoms. The first kappa shape index (κ1) is 17.8. The van der Waals surface area contributed by atoms with Crippen LogP contribution in [0.2, 0.25) is 0 Å². The van der Waals surface area contributed by atoms with E-state index in [1.807, 2.05) is 4.90 Å². The van der Waals surface area contributed by atoms with Crippen molar-refractivity contribution < 1.29 is 14.6 Å². The van der Waals surface area contributed by atoms with Crippen LogP contribution in [-0.2, 0) is 4.74 Å². The second kappa shape index (κ2) is 7.58. The van der Waals surface area contributed by atoms with Gasteiger partial charge in [0.05, 0.1) is 6.10 Å². The molecular formula is C19H28N4O3. The number of hydrogen-bond acceptors (Lipinski definition) is 6. The van der Waals surface area contributed by atoms with E-state index in [9.17, 15) is 9.90 Å². The molecule has 3 aliphatic rings. The van der Waals surface area contributed by atoms with Gasteiger partial charge in [-0.3, -0.25) is 9.69 Å². The van der Waals surface area contributed by atoms with Gasteiger partial charge in [0.15, 0.2) is 0 Å². The summed E-state index contributed by atoms with van der Waals surface area (Å²) in [5, 5.41) is 10.5. The molecule has 0 aromatic carbocycles. The maximum Gasteiger partial charge on any atom is 0.291 e. The fourth-order valence-electron chi connectivity index (χ4n) is 4.82. The van der Waals surface area contributed by atoms with Gasteiger partial charge in [0, 0.05) is 57.8 Å². The van der Waals surface area contributed by atoms with Gasteiger partial charge < -0.3 is 14.7 Å². The molecule has 7 nitrogen and oxygen atoms in total. The van der Waals surface area contributed by atoms with Crippen molar-refractivity contribution in [2.24, 2.45) is 5.41 Å². The highest BCUT2D eigenvalue weighted by atomic mass is 16.5. The third-order valence-corrected chi connectivity index (χ3v) is 6.23. The normalized spacial score (nSPS) is 27.6. The molecule has 142 valence electrons. The topological polar surface area (TPSA) is 78.8 Å². The van der Waals surface area contributed by atoms with Gasteiger partial charge >= 0.3 is 0 Å². The third kappa shape index (κ3) is 3.75. The zero-order valence-corrected chi connectivity index (χ0v) is 15.2. The molecule has 1 unspecified atom stereocenters. The molecule has 3 saturated heterocycles. The Kier molecular flexibility index (Phi) is 5.20. The smallest absolute Gasteiger partial charge is 0.291 e. The van der Waals surface area contributed by atoms with Gasteiger partial charge in [-0.2, -0.15) is 0 Å². The van der Waals surface area contributed by atoms with E-state index in [0.29, 0.717) is 19.1 Å². The Balaban J connectivity index is 1.39. The molecule has 1 amide bonds. The summed E-state index contributed by atoms with van der Waals surface area (Å²) in [6.07, 6.45) is 7.76. The molecule has 1 aromatic heterocycles. The van der Waals surface area contributed by atoms with Crippen LogP contribution >= 0.6 is 0 Å². The summed E-state index contributed by atoms with van der Waals surface area (Å²) >= 11 is 0. The second-order valence-electron chi connectivity index (χ2n) is 8.00. The van der Waals surface area contributed by atoms with E-state index in [1.165, 1.54) is 0 Å². The summed E-state index contributed by atoms with van der Waals surface area (Å²) in [5.74, 6) is 0.189. The zero-order valence-electron chi connectivity index (χ0n) is 15.2. The highest BCUT2D eigenvalue weighted by molar-refractivity contribution is 5.90. The Morgan fingerprint density at radius 1 is 1.19 bits per heavy atom. The molecular weight excluding hydrogens is 332 g/mol. The van der Waals surface area contributed by atoms with Crippen molar-refractivity contribution in [3.05, 3.63) is 24.3 Å². The van der Waals surface area contributed by atoms with Crippen molar-refractivity contribution >= 4 is 5.91 Å². The number of hydrogen-bond donors (Lipinski definition) is 1. The number of ether oxygens (including phenoxy) is 1. The van der Waals surface area contributed by atoms with Gasteiger partial charge in [-0.05, 0) is 43.6 Å². The van der Waals surface area contributed by atoms with Crippen molar-refractivity contribution in [3.8, 4) is 0 Å². The number of carbonyl (C=O) groups is 1. The van der Waals surface area contributed by atoms with E-state index < -0.39 is 0 Å². The summed E-state index contributed by atoms with van der Waals surface area (Å²) in [6.45, 7) is 4.87. The van der Waals surface area contributed by atoms with E-state index in [-0.39, 0.29) is 23.3 Å². The molecule has 3 aliphatic heterocycles. The summed E-state index contributed by atoms with van der Waals surface area (Å²) < 4.78 is 5.49. The number of aliphatic hydroxyl groups is 1. The molecule has 0 saturated carbocycles. The number of likely N-dealkylation sites (tertiary alicyclic amines) is 2. The van der Waals surface area contributed by atoms with Crippen LogP contribution in [0.1, 0.15) is 42.7 Å². The highest BCUT2D eigenvalue weighted by Crippen LogP contribution is 2.41. The Morgan fingerprint density at radius 3 is 2.58 bits per heavy atom.